The normalized spacial score (nSPS) is 14.3. The lowest BCUT2D eigenvalue weighted by Gasteiger charge is -2.25. The van der Waals surface area contributed by atoms with Gasteiger partial charge < -0.3 is 19.8 Å². The molecule has 0 heterocycles. The summed E-state index contributed by atoms with van der Waals surface area (Å²) >= 11 is 0. The minimum atomic E-state index is -4.35. The minimum absolute atomic E-state index is 0.0584. The number of aliphatic hydroxyl groups excluding tert-OH is 1. The third-order valence-corrected chi connectivity index (χ3v) is 13.8. The summed E-state index contributed by atoms with van der Waals surface area (Å²) in [5.41, 5.74) is 0. The molecule has 0 aromatic carbocycles. The van der Waals surface area contributed by atoms with Gasteiger partial charge >= 0.3 is 7.82 Å². The monoisotopic (exact) mass is 964 g/mol. The van der Waals surface area contributed by atoms with Gasteiger partial charge in [0.25, 0.3) is 0 Å². The van der Waals surface area contributed by atoms with Crippen LogP contribution in [0.1, 0.15) is 264 Å². The van der Waals surface area contributed by atoms with E-state index >= 15 is 0 Å². The van der Waals surface area contributed by atoms with Crippen LogP contribution in [0.5, 0.6) is 0 Å². The third-order valence-electron chi connectivity index (χ3n) is 12.8. The van der Waals surface area contributed by atoms with Gasteiger partial charge in [0.1, 0.15) is 13.2 Å². The summed E-state index contributed by atoms with van der Waals surface area (Å²) in [6.07, 6.45) is 65.0. The van der Waals surface area contributed by atoms with Gasteiger partial charge in [-0.1, -0.05) is 255 Å². The van der Waals surface area contributed by atoms with Crippen molar-refractivity contribution in [3.8, 4) is 0 Å². The Hall–Kier alpha value is -1.54. The number of amides is 1. The van der Waals surface area contributed by atoms with E-state index < -0.39 is 20.0 Å². The Kier molecular flexibility index (Phi) is 48.3. The molecular weight excluding hydrogens is 852 g/mol. The summed E-state index contributed by atoms with van der Waals surface area (Å²) < 4.78 is 23.7. The Balaban J connectivity index is 4.17. The highest BCUT2D eigenvalue weighted by Crippen LogP contribution is 2.43. The quantitative estimate of drug-likeness (QED) is 0.0243. The molecular formula is C58H112N2O6P+. The highest BCUT2D eigenvalue weighted by molar-refractivity contribution is 7.47. The molecule has 0 aromatic heterocycles. The van der Waals surface area contributed by atoms with E-state index in [0.717, 1.165) is 64.2 Å². The number of nitrogens with one attached hydrogen (secondary N) is 1. The first-order valence-corrected chi connectivity index (χ1v) is 30.0. The lowest BCUT2D eigenvalue weighted by molar-refractivity contribution is -0.870. The van der Waals surface area contributed by atoms with E-state index in [9.17, 15) is 19.4 Å². The molecule has 9 heteroatoms. The van der Waals surface area contributed by atoms with Crippen LogP contribution in [0.15, 0.2) is 48.6 Å². The number of unbranched alkanes of at least 4 members (excludes halogenated alkanes) is 33. The van der Waals surface area contributed by atoms with Gasteiger partial charge in [0.05, 0.1) is 39.9 Å². The van der Waals surface area contributed by atoms with Crippen LogP contribution in [-0.2, 0) is 18.4 Å². The average Bonchev–Trinajstić information content (AvgIpc) is 3.29. The number of aliphatic hydroxyl groups is 1. The van der Waals surface area contributed by atoms with E-state index in [1.54, 1.807) is 6.08 Å². The van der Waals surface area contributed by atoms with Crippen molar-refractivity contribution in [2.75, 3.05) is 40.9 Å². The van der Waals surface area contributed by atoms with Crippen molar-refractivity contribution in [2.24, 2.45) is 0 Å². The van der Waals surface area contributed by atoms with Crippen LogP contribution in [0.3, 0.4) is 0 Å². The molecule has 0 aliphatic heterocycles. The minimum Gasteiger partial charge on any atom is -0.387 e. The molecule has 1 amide bonds. The lowest BCUT2D eigenvalue weighted by atomic mass is 10.0. The molecule has 0 radical (unpaired) electrons. The Labute approximate surface area is 416 Å². The van der Waals surface area contributed by atoms with E-state index in [4.69, 9.17) is 9.05 Å². The zero-order valence-corrected chi connectivity index (χ0v) is 45.8. The zero-order valence-electron chi connectivity index (χ0n) is 44.9. The first-order chi connectivity index (χ1) is 32.5. The average molecular weight is 965 g/mol. The number of nitrogens with zero attached hydrogens (tertiary/aromatic N) is 1. The van der Waals surface area contributed by atoms with Crippen molar-refractivity contribution >= 4 is 13.7 Å². The summed E-state index contributed by atoms with van der Waals surface area (Å²) in [7, 11) is 1.57. The molecule has 8 nitrogen and oxygen atoms in total. The van der Waals surface area contributed by atoms with Crippen LogP contribution in [0.25, 0.3) is 0 Å². The van der Waals surface area contributed by atoms with Gasteiger partial charge in [0, 0.05) is 6.42 Å². The van der Waals surface area contributed by atoms with Crippen molar-refractivity contribution in [1.29, 1.82) is 0 Å². The second kappa shape index (κ2) is 49.4. The fourth-order valence-electron chi connectivity index (χ4n) is 8.35. The Bertz CT molecular complexity index is 1230. The molecule has 394 valence electrons. The summed E-state index contributed by atoms with van der Waals surface area (Å²) in [6.45, 7) is 4.72. The first-order valence-electron chi connectivity index (χ1n) is 28.5. The highest BCUT2D eigenvalue weighted by Gasteiger charge is 2.27. The fourth-order valence-corrected chi connectivity index (χ4v) is 9.09. The van der Waals surface area contributed by atoms with Crippen molar-refractivity contribution in [3.63, 3.8) is 0 Å². The number of allylic oxidation sites excluding steroid dienone is 7. The van der Waals surface area contributed by atoms with Crippen LogP contribution >= 0.6 is 7.82 Å². The van der Waals surface area contributed by atoms with Gasteiger partial charge in [-0.3, -0.25) is 13.8 Å². The molecule has 67 heavy (non-hydrogen) atoms. The largest absolute Gasteiger partial charge is 0.472 e. The molecule has 0 saturated carbocycles. The lowest BCUT2D eigenvalue weighted by Crippen LogP contribution is -2.45. The molecule has 0 rings (SSSR count). The Morgan fingerprint density at radius 1 is 0.522 bits per heavy atom. The van der Waals surface area contributed by atoms with E-state index in [-0.39, 0.29) is 19.1 Å². The first kappa shape index (κ1) is 65.5. The predicted octanol–water partition coefficient (Wildman–Crippen LogP) is 17.2. The van der Waals surface area contributed by atoms with Crippen LogP contribution in [0, 0.1) is 0 Å². The van der Waals surface area contributed by atoms with Gasteiger partial charge in [-0.25, -0.2) is 4.57 Å². The number of carbonyl (C=O) groups excluding carboxylic acids is 1. The van der Waals surface area contributed by atoms with Crippen LogP contribution in [0.2, 0.25) is 0 Å². The van der Waals surface area contributed by atoms with Crippen LogP contribution in [-0.4, -0.2) is 73.4 Å². The molecule has 0 spiro atoms. The molecule has 3 atom stereocenters. The van der Waals surface area contributed by atoms with Gasteiger partial charge in [-0.05, 0) is 51.4 Å². The third kappa shape index (κ3) is 52.1. The number of phosphoric ester groups is 1. The second-order valence-corrected chi connectivity index (χ2v) is 22.1. The molecule has 0 saturated heterocycles. The zero-order chi connectivity index (χ0) is 49.2. The molecule has 0 aliphatic carbocycles. The van der Waals surface area contributed by atoms with E-state index in [0.29, 0.717) is 17.4 Å². The number of carbonyl (C=O) groups is 1. The standard InChI is InChI=1S/C58H111N2O6P/c1-6-8-10-12-14-16-18-20-22-24-25-26-27-28-29-30-31-32-33-34-36-37-39-41-43-45-47-49-51-57(61)56(55-66-67(63,64)65-54-53-60(3,4)5)59-58(62)52-50-48-46-44-42-40-38-35-23-21-19-17-15-13-11-9-7-2/h9,11,15,17,21,23,49,51,56-57,61H,6-8,10,12-14,16,18-20,22,24-48,50,52-55H2,1-5H3,(H-,59,62,63,64)/p+1/b11-9-,17-15-,23-21-,51-49+. The summed E-state index contributed by atoms with van der Waals surface area (Å²) in [6, 6.07) is -0.854. The van der Waals surface area contributed by atoms with Gasteiger partial charge in [0.15, 0.2) is 0 Å². The molecule has 0 bridgehead atoms. The number of phosphoric acid groups is 1. The van der Waals surface area contributed by atoms with Crippen molar-refractivity contribution in [2.45, 2.75) is 276 Å². The number of rotatable bonds is 52. The van der Waals surface area contributed by atoms with Gasteiger partial charge in [0.2, 0.25) is 5.91 Å². The maximum Gasteiger partial charge on any atom is 0.472 e. The topological polar surface area (TPSA) is 105 Å². The Morgan fingerprint density at radius 3 is 1.31 bits per heavy atom. The maximum absolute atomic E-state index is 12.9. The van der Waals surface area contributed by atoms with E-state index in [1.807, 2.05) is 27.2 Å². The molecule has 0 aromatic rings. The highest BCUT2D eigenvalue weighted by atomic mass is 31.2. The summed E-state index contributed by atoms with van der Waals surface area (Å²) in [5, 5.41) is 13.9. The van der Waals surface area contributed by atoms with Crippen LogP contribution < -0.4 is 5.32 Å². The smallest absolute Gasteiger partial charge is 0.387 e. The van der Waals surface area contributed by atoms with Gasteiger partial charge in [-0.2, -0.15) is 0 Å². The van der Waals surface area contributed by atoms with E-state index in [1.165, 1.54) is 180 Å². The summed E-state index contributed by atoms with van der Waals surface area (Å²) in [5.74, 6) is -0.186. The predicted molar refractivity (Wildman–Crippen MR) is 291 cm³/mol. The Morgan fingerprint density at radius 2 is 0.896 bits per heavy atom. The second-order valence-electron chi connectivity index (χ2n) is 20.6. The summed E-state index contributed by atoms with van der Waals surface area (Å²) in [4.78, 5) is 23.3. The van der Waals surface area contributed by atoms with Crippen molar-refractivity contribution < 1.29 is 32.9 Å². The van der Waals surface area contributed by atoms with Crippen LogP contribution in [0.4, 0.5) is 0 Å². The number of hydrogen-bond acceptors (Lipinski definition) is 5. The maximum atomic E-state index is 12.9. The molecule has 0 fully saturated rings. The van der Waals surface area contributed by atoms with Gasteiger partial charge in [-0.15, -0.1) is 0 Å². The van der Waals surface area contributed by atoms with E-state index in [2.05, 4.69) is 55.6 Å². The molecule has 0 aliphatic rings. The van der Waals surface area contributed by atoms with Crippen molar-refractivity contribution in [1.82, 2.24) is 5.32 Å². The fraction of sp³-hybridized carbons (Fsp3) is 0.845. The molecule has 3 N–H and O–H groups in total. The number of likely N-dealkylation sites (N-methyl/N-ethyl adjacent to an activating group) is 1. The number of quaternary nitrogens is 1. The van der Waals surface area contributed by atoms with Crippen molar-refractivity contribution in [3.05, 3.63) is 48.6 Å². The molecule has 3 unspecified atom stereocenters. The SMILES string of the molecule is CC/C=C\C/C=C\C/C=C\CCCCCCCCCC(=O)NC(COP(=O)(O)OCC[N+](C)(C)C)C(O)/C=C/CCCCCCCCCCCCCCCCCCCCCCCCCCCC. The number of hydrogen-bond donors (Lipinski definition) is 3.